The number of carbonyl (C=O) groups is 2. The molecule has 2 unspecified atom stereocenters. The maximum Gasteiger partial charge on any atom is 0.249 e. The van der Waals surface area contributed by atoms with Crippen molar-refractivity contribution in [2.24, 2.45) is 0 Å². The summed E-state index contributed by atoms with van der Waals surface area (Å²) in [5.41, 5.74) is 1.90. The van der Waals surface area contributed by atoms with Crippen LogP contribution in [-0.2, 0) is 16.0 Å². The summed E-state index contributed by atoms with van der Waals surface area (Å²) in [6.07, 6.45) is 5.08. The van der Waals surface area contributed by atoms with Gasteiger partial charge >= 0.3 is 0 Å². The smallest absolute Gasteiger partial charge is 0.249 e. The van der Waals surface area contributed by atoms with Gasteiger partial charge in [-0.2, -0.15) is 0 Å². The number of nitrogens with zero attached hydrogens (tertiary/aromatic N) is 2. The molecule has 2 aromatic rings. The first-order valence-corrected chi connectivity index (χ1v) is 8.21. The molecule has 1 saturated heterocycles. The Morgan fingerprint density at radius 1 is 1.25 bits per heavy atom. The SMILES string of the molecule is CC1CC(NC(=O)CCc2cccnc2)C(=O)N1c1ccccc1. The molecule has 0 spiro atoms. The molecule has 1 fully saturated rings. The highest BCUT2D eigenvalue weighted by Crippen LogP contribution is 2.26. The van der Waals surface area contributed by atoms with E-state index in [-0.39, 0.29) is 17.9 Å². The van der Waals surface area contributed by atoms with E-state index in [0.29, 0.717) is 19.3 Å². The van der Waals surface area contributed by atoms with Gasteiger partial charge < -0.3 is 10.2 Å². The largest absolute Gasteiger partial charge is 0.344 e. The summed E-state index contributed by atoms with van der Waals surface area (Å²) in [5.74, 6) is -0.136. The van der Waals surface area contributed by atoms with Gasteiger partial charge in [0.2, 0.25) is 11.8 Å². The Labute approximate surface area is 141 Å². The van der Waals surface area contributed by atoms with Crippen LogP contribution < -0.4 is 10.2 Å². The Bertz CT molecular complexity index is 703. The van der Waals surface area contributed by atoms with Crippen LogP contribution in [0.5, 0.6) is 0 Å². The Hall–Kier alpha value is -2.69. The highest BCUT2D eigenvalue weighted by molar-refractivity contribution is 6.02. The number of nitrogens with one attached hydrogen (secondary N) is 1. The molecule has 0 aliphatic carbocycles. The summed E-state index contributed by atoms with van der Waals surface area (Å²) in [6, 6.07) is 13.0. The van der Waals surface area contributed by atoms with Crippen molar-refractivity contribution in [3.63, 3.8) is 0 Å². The molecule has 3 rings (SSSR count). The third kappa shape index (κ3) is 3.62. The fourth-order valence-corrected chi connectivity index (χ4v) is 3.09. The molecule has 1 aliphatic heterocycles. The van der Waals surface area contributed by atoms with E-state index in [0.717, 1.165) is 11.3 Å². The quantitative estimate of drug-likeness (QED) is 0.918. The molecule has 0 bridgehead atoms. The Balaban J connectivity index is 1.58. The zero-order valence-corrected chi connectivity index (χ0v) is 13.7. The van der Waals surface area contributed by atoms with E-state index < -0.39 is 6.04 Å². The van der Waals surface area contributed by atoms with Gasteiger partial charge in [0.15, 0.2) is 0 Å². The number of hydrogen-bond acceptors (Lipinski definition) is 3. The van der Waals surface area contributed by atoms with E-state index in [2.05, 4.69) is 10.3 Å². The van der Waals surface area contributed by atoms with Gasteiger partial charge in [-0.25, -0.2) is 0 Å². The Kier molecular flexibility index (Phi) is 4.89. The summed E-state index contributed by atoms with van der Waals surface area (Å²) >= 11 is 0. The zero-order valence-electron chi connectivity index (χ0n) is 13.7. The lowest BCUT2D eigenvalue weighted by Gasteiger charge is -2.21. The molecule has 2 heterocycles. The average molecular weight is 323 g/mol. The van der Waals surface area contributed by atoms with Crippen LogP contribution >= 0.6 is 0 Å². The summed E-state index contributed by atoms with van der Waals surface area (Å²) in [5, 5.41) is 2.88. The second-order valence-electron chi connectivity index (χ2n) is 6.11. The fraction of sp³-hybridized carbons (Fsp3) is 0.316. The number of carbonyl (C=O) groups excluding carboxylic acids is 2. The summed E-state index contributed by atoms with van der Waals surface area (Å²) in [7, 11) is 0. The molecule has 124 valence electrons. The van der Waals surface area contributed by atoms with Gasteiger partial charge in [0.1, 0.15) is 6.04 Å². The van der Waals surface area contributed by atoms with Crippen LogP contribution in [0, 0.1) is 0 Å². The monoisotopic (exact) mass is 323 g/mol. The Morgan fingerprint density at radius 3 is 2.75 bits per heavy atom. The van der Waals surface area contributed by atoms with E-state index in [4.69, 9.17) is 0 Å². The van der Waals surface area contributed by atoms with Crippen molar-refractivity contribution in [2.45, 2.75) is 38.3 Å². The van der Waals surface area contributed by atoms with Gasteiger partial charge in [0.05, 0.1) is 0 Å². The van der Waals surface area contributed by atoms with Crippen LogP contribution in [0.2, 0.25) is 0 Å². The minimum atomic E-state index is -0.443. The van der Waals surface area contributed by atoms with Crippen molar-refractivity contribution in [3.05, 3.63) is 60.4 Å². The summed E-state index contributed by atoms with van der Waals surface area (Å²) in [6.45, 7) is 2.01. The van der Waals surface area contributed by atoms with Crippen molar-refractivity contribution in [1.82, 2.24) is 10.3 Å². The molecule has 24 heavy (non-hydrogen) atoms. The minimum Gasteiger partial charge on any atom is -0.344 e. The molecule has 1 N–H and O–H groups in total. The van der Waals surface area contributed by atoms with Crippen molar-refractivity contribution in [2.75, 3.05) is 4.90 Å². The van der Waals surface area contributed by atoms with Gasteiger partial charge in [0, 0.05) is 30.5 Å². The van der Waals surface area contributed by atoms with E-state index in [1.165, 1.54) is 0 Å². The lowest BCUT2D eigenvalue weighted by Crippen LogP contribution is -2.42. The number of amides is 2. The van der Waals surface area contributed by atoms with Crippen molar-refractivity contribution in [3.8, 4) is 0 Å². The number of benzene rings is 1. The first kappa shape index (κ1) is 16.2. The molecule has 2 amide bonds. The van der Waals surface area contributed by atoms with Crippen molar-refractivity contribution in [1.29, 1.82) is 0 Å². The summed E-state index contributed by atoms with van der Waals surface area (Å²) in [4.78, 5) is 30.6. The maximum absolute atomic E-state index is 12.6. The van der Waals surface area contributed by atoms with Gasteiger partial charge in [-0.15, -0.1) is 0 Å². The number of hydrogen-bond donors (Lipinski definition) is 1. The molecule has 5 heteroatoms. The lowest BCUT2D eigenvalue weighted by molar-refractivity contribution is -0.126. The molecular weight excluding hydrogens is 302 g/mol. The van der Waals surface area contributed by atoms with Gasteiger partial charge in [-0.1, -0.05) is 24.3 Å². The fourth-order valence-electron chi connectivity index (χ4n) is 3.09. The van der Waals surface area contributed by atoms with Gasteiger partial charge in [0.25, 0.3) is 0 Å². The van der Waals surface area contributed by atoms with E-state index in [1.54, 1.807) is 17.3 Å². The lowest BCUT2D eigenvalue weighted by atomic mass is 10.1. The molecule has 5 nitrogen and oxygen atoms in total. The van der Waals surface area contributed by atoms with Gasteiger partial charge in [-0.3, -0.25) is 14.6 Å². The predicted octanol–water partition coefficient (Wildman–Crippen LogP) is 2.32. The molecule has 1 aromatic carbocycles. The zero-order chi connectivity index (χ0) is 16.9. The average Bonchev–Trinajstić information content (AvgIpc) is 2.88. The molecular formula is C19H21N3O2. The number of aromatic nitrogens is 1. The van der Waals surface area contributed by atoms with E-state index >= 15 is 0 Å². The first-order chi connectivity index (χ1) is 11.6. The highest BCUT2D eigenvalue weighted by atomic mass is 16.2. The number of rotatable bonds is 5. The second kappa shape index (κ2) is 7.25. The van der Waals surface area contributed by atoms with Crippen molar-refractivity contribution < 1.29 is 9.59 Å². The van der Waals surface area contributed by atoms with Crippen LogP contribution in [-0.4, -0.2) is 28.9 Å². The third-order valence-electron chi connectivity index (χ3n) is 4.29. The molecule has 1 aliphatic rings. The molecule has 0 radical (unpaired) electrons. The number of aryl methyl sites for hydroxylation is 1. The molecule has 0 saturated carbocycles. The molecule has 2 atom stereocenters. The topological polar surface area (TPSA) is 62.3 Å². The van der Waals surface area contributed by atoms with Crippen molar-refractivity contribution >= 4 is 17.5 Å². The second-order valence-corrected chi connectivity index (χ2v) is 6.11. The van der Waals surface area contributed by atoms with Crippen LogP contribution in [0.15, 0.2) is 54.9 Å². The normalized spacial score (nSPS) is 20.2. The van der Waals surface area contributed by atoms with Crippen LogP contribution in [0.3, 0.4) is 0 Å². The number of pyridine rings is 1. The van der Waals surface area contributed by atoms with E-state index in [1.807, 2.05) is 49.4 Å². The standard InChI is InChI=1S/C19H21N3O2/c1-14-12-17(19(24)22(14)16-7-3-2-4-8-16)21-18(23)10-9-15-6-5-11-20-13-15/h2-8,11,13-14,17H,9-10,12H2,1H3,(H,21,23). The minimum absolute atomic E-state index is 0.0385. The predicted molar refractivity (Wildman–Crippen MR) is 92.5 cm³/mol. The van der Waals surface area contributed by atoms with E-state index in [9.17, 15) is 9.59 Å². The van der Waals surface area contributed by atoms with Crippen LogP contribution in [0.1, 0.15) is 25.3 Å². The number of anilines is 1. The van der Waals surface area contributed by atoms with Crippen LogP contribution in [0.4, 0.5) is 5.69 Å². The summed E-state index contributed by atoms with van der Waals surface area (Å²) < 4.78 is 0. The first-order valence-electron chi connectivity index (χ1n) is 8.21. The third-order valence-corrected chi connectivity index (χ3v) is 4.29. The maximum atomic E-state index is 12.6. The molecule has 1 aromatic heterocycles. The van der Waals surface area contributed by atoms with Gasteiger partial charge in [-0.05, 0) is 43.5 Å². The van der Waals surface area contributed by atoms with Crippen LogP contribution in [0.25, 0.3) is 0 Å². The number of para-hydroxylation sites is 1. The Morgan fingerprint density at radius 2 is 2.04 bits per heavy atom. The highest BCUT2D eigenvalue weighted by Gasteiger charge is 2.38.